The Morgan fingerprint density at radius 3 is 2.19 bits per heavy atom. The molecule has 0 aliphatic heterocycles. The molecule has 0 heterocycles. The van der Waals surface area contributed by atoms with Crippen LogP contribution < -0.4 is 27.5 Å². The maximum Gasteiger partial charge on any atom is 0.285 e. The molecule has 0 aromatic heterocycles. The molecule has 5 heteroatoms. The minimum absolute atomic E-state index is 0. The van der Waals surface area contributed by atoms with Crippen LogP contribution in [0.5, 0.6) is 5.75 Å². The van der Waals surface area contributed by atoms with Gasteiger partial charge in [0.25, 0.3) is 5.84 Å². The zero-order chi connectivity index (χ0) is 17.5. The molecule has 0 aliphatic carbocycles. The molecule has 0 radical (unpaired) electrons. The summed E-state index contributed by atoms with van der Waals surface area (Å²) in [6.45, 7) is 2.65. The highest BCUT2D eigenvalue weighted by atomic mass is 79.9. The van der Waals surface area contributed by atoms with Crippen LogP contribution in [-0.2, 0) is 0 Å². The second kappa shape index (κ2) is 10.00. The van der Waals surface area contributed by atoms with Gasteiger partial charge in [0.1, 0.15) is 17.1 Å². The number of nitrogens with one attached hydrogen (secondary N) is 2. The average Bonchev–Trinajstić information content (AvgIpc) is 2.65. The van der Waals surface area contributed by atoms with Crippen LogP contribution in [0.1, 0.15) is 12.5 Å². The Morgan fingerprint density at radius 1 is 0.923 bits per heavy atom. The first-order valence-electron chi connectivity index (χ1n) is 8.19. The molecule has 0 spiro atoms. The van der Waals surface area contributed by atoms with Crippen LogP contribution in [-0.4, -0.2) is 12.4 Å². The summed E-state index contributed by atoms with van der Waals surface area (Å²) in [7, 11) is 0. The highest BCUT2D eigenvalue weighted by Gasteiger charge is 2.12. The van der Waals surface area contributed by atoms with Crippen LogP contribution in [0.25, 0.3) is 0 Å². The van der Waals surface area contributed by atoms with Gasteiger partial charge in [-0.05, 0) is 67.6 Å². The Labute approximate surface area is 168 Å². The largest absolute Gasteiger partial charge is 1.00 e. The fourth-order valence-electron chi connectivity index (χ4n) is 2.40. The van der Waals surface area contributed by atoms with Gasteiger partial charge in [-0.15, -0.1) is 0 Å². The third-order valence-electron chi connectivity index (χ3n) is 3.61. The highest BCUT2D eigenvalue weighted by Crippen LogP contribution is 2.16. The number of amidine groups is 1. The predicted molar refractivity (Wildman–Crippen MR) is 107 cm³/mol. The van der Waals surface area contributed by atoms with E-state index in [0.717, 1.165) is 33.0 Å². The lowest BCUT2D eigenvalue weighted by atomic mass is 10.2. The van der Waals surface area contributed by atoms with E-state index in [-0.39, 0.29) is 12.4 Å². The summed E-state index contributed by atoms with van der Waals surface area (Å²) >= 11 is 3.47. The van der Waals surface area contributed by atoms with Crippen LogP contribution in [0.3, 0.4) is 0 Å². The molecular formula is C21H20BrClN2O. The van der Waals surface area contributed by atoms with Gasteiger partial charge >= 0.3 is 0 Å². The van der Waals surface area contributed by atoms with Crippen molar-refractivity contribution in [3.8, 4) is 5.75 Å². The van der Waals surface area contributed by atoms with E-state index >= 15 is 0 Å². The summed E-state index contributed by atoms with van der Waals surface area (Å²) in [5, 5.41) is 3.47. The number of ether oxygens (including phenoxy) is 1. The van der Waals surface area contributed by atoms with Gasteiger partial charge < -0.3 is 17.1 Å². The lowest BCUT2D eigenvalue weighted by Gasteiger charge is -2.06. The highest BCUT2D eigenvalue weighted by molar-refractivity contribution is 9.10. The fourth-order valence-corrected chi connectivity index (χ4v) is 2.67. The summed E-state index contributed by atoms with van der Waals surface area (Å²) in [6.07, 6.45) is 0. The fraction of sp³-hybridized carbons (Fsp3) is 0.0952. The Balaban J connectivity index is 0.00000243. The second-order valence-electron chi connectivity index (χ2n) is 5.46. The van der Waals surface area contributed by atoms with E-state index in [4.69, 9.17) is 4.74 Å². The summed E-state index contributed by atoms with van der Waals surface area (Å²) in [6, 6.07) is 26.3. The Hall–Kier alpha value is -2.30. The van der Waals surface area contributed by atoms with Crippen LogP contribution in [0, 0.1) is 0 Å². The van der Waals surface area contributed by atoms with Gasteiger partial charge in [-0.25, -0.2) is 10.3 Å². The number of hydrogen-bond acceptors (Lipinski definition) is 1. The van der Waals surface area contributed by atoms with Crippen molar-refractivity contribution in [1.29, 1.82) is 0 Å². The Bertz CT molecular complexity index is 834. The topological polar surface area (TPSA) is 35.2 Å². The normalized spacial score (nSPS) is 10.8. The van der Waals surface area contributed by atoms with Crippen molar-refractivity contribution in [3.63, 3.8) is 0 Å². The minimum Gasteiger partial charge on any atom is -1.00 e. The molecule has 3 nitrogen and oxygen atoms in total. The molecule has 2 N–H and O–H groups in total. The van der Waals surface area contributed by atoms with E-state index in [1.165, 1.54) is 0 Å². The molecule has 0 saturated carbocycles. The van der Waals surface area contributed by atoms with Crippen molar-refractivity contribution in [2.24, 2.45) is 0 Å². The van der Waals surface area contributed by atoms with Crippen molar-refractivity contribution < 1.29 is 22.1 Å². The molecule has 3 rings (SSSR count). The van der Waals surface area contributed by atoms with E-state index < -0.39 is 0 Å². The maximum absolute atomic E-state index is 5.50. The first-order chi connectivity index (χ1) is 12.2. The third-order valence-corrected chi connectivity index (χ3v) is 4.14. The van der Waals surface area contributed by atoms with E-state index in [9.17, 15) is 0 Å². The monoisotopic (exact) mass is 430 g/mol. The standard InChI is InChI=1S/C21H19BrN2O.ClH/c1-2-25-20-14-12-19(13-15-20)24-21(16-6-4-3-5-7-16)23-18-10-8-17(22)9-11-18;/h3-15H,2H2,1H3,(H,23,24);1H. The summed E-state index contributed by atoms with van der Waals surface area (Å²) in [5.74, 6) is 1.79. The van der Waals surface area contributed by atoms with Crippen LogP contribution in [0.15, 0.2) is 83.3 Å². The van der Waals surface area contributed by atoms with Crippen LogP contribution >= 0.6 is 15.9 Å². The van der Waals surface area contributed by atoms with Crippen LogP contribution in [0.4, 0.5) is 11.4 Å². The molecule has 0 fully saturated rings. The van der Waals surface area contributed by atoms with Crippen molar-refractivity contribution >= 4 is 33.1 Å². The number of halogens is 2. The van der Waals surface area contributed by atoms with E-state index in [1.54, 1.807) is 0 Å². The molecule has 0 bridgehead atoms. The van der Waals surface area contributed by atoms with Gasteiger partial charge in [-0.1, -0.05) is 34.1 Å². The third kappa shape index (κ3) is 5.61. The summed E-state index contributed by atoms with van der Waals surface area (Å²) < 4.78 is 6.56. The molecule has 0 unspecified atom stereocenters. The van der Waals surface area contributed by atoms with Crippen molar-refractivity contribution in [1.82, 2.24) is 0 Å². The molecule has 26 heavy (non-hydrogen) atoms. The quantitative estimate of drug-likeness (QED) is 0.469. The van der Waals surface area contributed by atoms with Gasteiger partial charge in [-0.3, -0.25) is 0 Å². The average molecular weight is 432 g/mol. The zero-order valence-corrected chi connectivity index (χ0v) is 16.7. The van der Waals surface area contributed by atoms with Crippen LogP contribution in [0.2, 0.25) is 0 Å². The molecule has 0 atom stereocenters. The Morgan fingerprint density at radius 2 is 1.58 bits per heavy atom. The first kappa shape index (κ1) is 20.0. The van der Waals surface area contributed by atoms with Gasteiger partial charge in [-0.2, -0.15) is 0 Å². The van der Waals surface area contributed by atoms with E-state index in [0.29, 0.717) is 6.61 Å². The molecule has 3 aromatic rings. The Kier molecular flexibility index (Phi) is 7.70. The summed E-state index contributed by atoms with van der Waals surface area (Å²) in [5.41, 5.74) is 3.09. The molecule has 0 amide bonds. The molecule has 0 aliphatic rings. The lowest BCUT2D eigenvalue weighted by Crippen LogP contribution is -3.00. The van der Waals surface area contributed by atoms with Crippen molar-refractivity contribution in [2.75, 3.05) is 11.9 Å². The molecule has 3 aromatic carbocycles. The molecule has 0 saturated heterocycles. The first-order valence-corrected chi connectivity index (χ1v) is 8.99. The zero-order valence-electron chi connectivity index (χ0n) is 14.4. The van der Waals surface area contributed by atoms with Gasteiger partial charge in [0.2, 0.25) is 0 Å². The smallest absolute Gasteiger partial charge is 0.285 e. The number of rotatable bonds is 5. The number of hydrogen-bond donors (Lipinski definition) is 2. The second-order valence-corrected chi connectivity index (χ2v) is 6.37. The van der Waals surface area contributed by atoms with Gasteiger partial charge in [0.15, 0.2) is 0 Å². The van der Waals surface area contributed by atoms with Crippen molar-refractivity contribution in [2.45, 2.75) is 6.92 Å². The predicted octanol–water partition coefficient (Wildman–Crippen LogP) is 1.12. The number of benzene rings is 3. The lowest BCUT2D eigenvalue weighted by molar-refractivity contribution is -0.352. The number of anilines is 1. The summed E-state index contributed by atoms with van der Waals surface area (Å²) in [4.78, 5) is 3.46. The van der Waals surface area contributed by atoms with Gasteiger partial charge in [0, 0.05) is 4.47 Å². The minimum atomic E-state index is 0. The molecular weight excluding hydrogens is 412 g/mol. The SMILES string of the molecule is CCOc1ccc(NC(=[NH+]c2ccc(Br)cc2)c2ccccc2)cc1.[Cl-]. The van der Waals surface area contributed by atoms with Crippen molar-refractivity contribution in [3.05, 3.63) is 88.9 Å². The maximum atomic E-state index is 5.50. The van der Waals surface area contributed by atoms with E-state index in [2.05, 4.69) is 38.4 Å². The van der Waals surface area contributed by atoms with Gasteiger partial charge in [0.05, 0.1) is 12.2 Å². The molecule has 134 valence electrons. The van der Waals surface area contributed by atoms with E-state index in [1.807, 2.05) is 73.7 Å².